The third kappa shape index (κ3) is 4.70. The topological polar surface area (TPSA) is 21.6 Å². The summed E-state index contributed by atoms with van der Waals surface area (Å²) >= 11 is 0. The third-order valence-corrected chi connectivity index (χ3v) is 4.89. The Balaban J connectivity index is 1.48. The smallest absolute Gasteiger partial charge is 0.142 e. The zero-order valence-corrected chi connectivity index (χ0v) is 14.5. The number of rotatable bonds is 6. The Morgan fingerprint density at radius 3 is 2.25 bits per heavy atom. The van der Waals surface area contributed by atoms with Crippen molar-refractivity contribution in [2.75, 3.05) is 0 Å². The lowest BCUT2D eigenvalue weighted by Gasteiger charge is -2.21. The first-order chi connectivity index (χ1) is 11.8. The van der Waals surface area contributed by atoms with Crippen molar-refractivity contribution in [2.24, 2.45) is 5.16 Å². The predicted octanol–water partition coefficient (Wildman–Crippen LogP) is 5.72. The standard InChI is InChI=1S/C22H26NO/c1-2-18-8-10-20(11-9-18)17-24-23-16-19-12-14-22(15-13-19)21-6-4-3-5-7-21/h8-15,21H,2-7,17H2,1H3. The summed E-state index contributed by atoms with van der Waals surface area (Å²) in [6.07, 6.45) is 10.8. The first kappa shape index (κ1) is 16.8. The van der Waals surface area contributed by atoms with E-state index in [9.17, 15) is 0 Å². The molecule has 3 rings (SSSR count). The maximum Gasteiger partial charge on any atom is 0.142 e. The van der Waals surface area contributed by atoms with Gasteiger partial charge in [-0.15, -0.1) is 0 Å². The molecule has 125 valence electrons. The van der Waals surface area contributed by atoms with E-state index in [-0.39, 0.29) is 0 Å². The molecule has 1 aliphatic rings. The number of aryl methyl sites for hydroxylation is 1. The van der Waals surface area contributed by atoms with Crippen molar-refractivity contribution in [3.63, 3.8) is 0 Å². The van der Waals surface area contributed by atoms with Crippen LogP contribution in [0.3, 0.4) is 0 Å². The fourth-order valence-electron chi connectivity index (χ4n) is 3.33. The molecule has 0 spiro atoms. The Hall–Kier alpha value is -2.09. The van der Waals surface area contributed by atoms with Gasteiger partial charge in [-0.25, -0.2) is 0 Å². The maximum absolute atomic E-state index is 5.36. The molecule has 1 fully saturated rings. The van der Waals surface area contributed by atoms with Crippen molar-refractivity contribution in [3.8, 4) is 0 Å². The second-order valence-electron chi connectivity index (χ2n) is 6.60. The molecule has 2 heteroatoms. The van der Waals surface area contributed by atoms with Gasteiger partial charge in [-0.3, -0.25) is 0 Å². The van der Waals surface area contributed by atoms with Crippen LogP contribution in [0.25, 0.3) is 0 Å². The molecule has 2 aromatic rings. The molecule has 0 atom stereocenters. The minimum Gasteiger partial charge on any atom is -0.390 e. The molecule has 0 aliphatic heterocycles. The Kier molecular flexibility index (Phi) is 6.06. The van der Waals surface area contributed by atoms with Crippen LogP contribution in [0.15, 0.2) is 53.7 Å². The normalized spacial score (nSPS) is 15.7. The highest BCUT2D eigenvalue weighted by molar-refractivity contribution is 5.79. The first-order valence-electron chi connectivity index (χ1n) is 9.11. The van der Waals surface area contributed by atoms with Crippen LogP contribution in [0.4, 0.5) is 0 Å². The fraction of sp³-hybridized carbons (Fsp3) is 0.409. The van der Waals surface area contributed by atoms with Gasteiger partial charge in [0.05, 0.1) is 0 Å². The summed E-state index contributed by atoms with van der Waals surface area (Å²) in [6, 6.07) is 17.1. The summed E-state index contributed by atoms with van der Waals surface area (Å²) in [5, 5.41) is 3.97. The van der Waals surface area contributed by atoms with E-state index in [1.807, 2.05) is 0 Å². The molecule has 0 saturated heterocycles. The van der Waals surface area contributed by atoms with Gasteiger partial charge in [0.2, 0.25) is 0 Å². The van der Waals surface area contributed by atoms with Crippen LogP contribution in [0.5, 0.6) is 0 Å². The summed E-state index contributed by atoms with van der Waals surface area (Å²) in [6.45, 7) is 2.64. The summed E-state index contributed by atoms with van der Waals surface area (Å²) in [7, 11) is 0. The van der Waals surface area contributed by atoms with Gasteiger partial charge in [0.15, 0.2) is 0 Å². The molecule has 0 heterocycles. The lowest BCUT2D eigenvalue weighted by atomic mass is 9.84. The molecule has 1 radical (unpaired) electrons. The van der Waals surface area contributed by atoms with Crippen LogP contribution in [0.2, 0.25) is 0 Å². The fourth-order valence-corrected chi connectivity index (χ4v) is 3.33. The van der Waals surface area contributed by atoms with Crippen LogP contribution in [0.1, 0.15) is 67.2 Å². The predicted molar refractivity (Wildman–Crippen MR) is 99.4 cm³/mol. The monoisotopic (exact) mass is 320 g/mol. The molecular formula is C22H26NO. The minimum absolute atomic E-state index is 0.483. The van der Waals surface area contributed by atoms with Crippen LogP contribution >= 0.6 is 0 Å². The first-order valence-corrected chi connectivity index (χ1v) is 9.11. The summed E-state index contributed by atoms with van der Waals surface area (Å²) in [5.41, 5.74) is 4.89. The molecule has 2 aromatic carbocycles. The lowest BCUT2D eigenvalue weighted by Crippen LogP contribution is -2.04. The molecule has 0 unspecified atom stereocenters. The van der Waals surface area contributed by atoms with E-state index < -0.39 is 0 Å². The molecule has 2 nitrogen and oxygen atoms in total. The van der Waals surface area contributed by atoms with Crippen molar-refractivity contribution < 1.29 is 4.84 Å². The van der Waals surface area contributed by atoms with E-state index >= 15 is 0 Å². The molecule has 0 N–H and O–H groups in total. The van der Waals surface area contributed by atoms with Gasteiger partial charge in [0.1, 0.15) is 12.8 Å². The van der Waals surface area contributed by atoms with Gasteiger partial charge in [-0.2, -0.15) is 0 Å². The summed E-state index contributed by atoms with van der Waals surface area (Å²) in [4.78, 5) is 5.36. The van der Waals surface area contributed by atoms with Crippen LogP contribution in [-0.4, -0.2) is 6.21 Å². The Bertz CT molecular complexity index is 637. The van der Waals surface area contributed by atoms with Crippen LogP contribution in [0, 0.1) is 0 Å². The number of hydrogen-bond donors (Lipinski definition) is 0. The van der Waals surface area contributed by atoms with Gasteiger partial charge in [-0.1, -0.05) is 79.9 Å². The molecule has 1 aliphatic carbocycles. The maximum atomic E-state index is 5.36. The van der Waals surface area contributed by atoms with E-state index in [0.717, 1.165) is 23.5 Å². The van der Waals surface area contributed by atoms with Gasteiger partial charge >= 0.3 is 0 Å². The van der Waals surface area contributed by atoms with Crippen molar-refractivity contribution in [2.45, 2.75) is 58.0 Å². The second kappa shape index (κ2) is 8.68. The van der Waals surface area contributed by atoms with E-state index in [1.54, 1.807) is 0 Å². The highest BCUT2D eigenvalue weighted by Crippen LogP contribution is 2.32. The third-order valence-electron chi connectivity index (χ3n) is 4.89. The van der Waals surface area contributed by atoms with Crippen molar-refractivity contribution in [1.82, 2.24) is 0 Å². The molecule has 0 amide bonds. The minimum atomic E-state index is 0.483. The van der Waals surface area contributed by atoms with Gasteiger partial charge in [0.25, 0.3) is 0 Å². The molecule has 1 saturated carbocycles. The van der Waals surface area contributed by atoms with E-state index in [1.165, 1.54) is 43.2 Å². The molecule has 0 bridgehead atoms. The Morgan fingerprint density at radius 1 is 0.917 bits per heavy atom. The van der Waals surface area contributed by atoms with Crippen LogP contribution < -0.4 is 0 Å². The van der Waals surface area contributed by atoms with Crippen molar-refractivity contribution in [1.29, 1.82) is 0 Å². The van der Waals surface area contributed by atoms with Gasteiger partial charge in [0, 0.05) is 5.56 Å². The van der Waals surface area contributed by atoms with E-state index in [0.29, 0.717) is 6.61 Å². The molecule has 24 heavy (non-hydrogen) atoms. The largest absolute Gasteiger partial charge is 0.390 e. The zero-order chi connectivity index (χ0) is 16.6. The average molecular weight is 320 g/mol. The highest BCUT2D eigenvalue weighted by atomic mass is 16.6. The number of hydrogen-bond acceptors (Lipinski definition) is 2. The Morgan fingerprint density at radius 2 is 1.58 bits per heavy atom. The number of nitrogens with zero attached hydrogens (tertiary/aromatic N) is 1. The Labute approximate surface area is 145 Å². The van der Waals surface area contributed by atoms with Gasteiger partial charge < -0.3 is 4.84 Å². The van der Waals surface area contributed by atoms with E-state index in [4.69, 9.17) is 4.84 Å². The quantitative estimate of drug-likeness (QED) is 0.492. The zero-order valence-electron chi connectivity index (χ0n) is 14.5. The van der Waals surface area contributed by atoms with Crippen molar-refractivity contribution >= 4 is 6.21 Å². The molecular weight excluding hydrogens is 294 g/mol. The van der Waals surface area contributed by atoms with Gasteiger partial charge in [-0.05, 0) is 41.9 Å². The summed E-state index contributed by atoms with van der Waals surface area (Å²) in [5.74, 6) is 0.743. The van der Waals surface area contributed by atoms with E-state index in [2.05, 4.69) is 66.8 Å². The highest BCUT2D eigenvalue weighted by Gasteiger charge is 2.14. The second-order valence-corrected chi connectivity index (χ2v) is 6.60. The van der Waals surface area contributed by atoms with Crippen molar-refractivity contribution in [3.05, 3.63) is 70.8 Å². The SMILES string of the molecule is CCc1ccc(CO/N=[C]\c2ccc(C3CCCCC3)cc2)cc1. The van der Waals surface area contributed by atoms with Crippen LogP contribution in [-0.2, 0) is 17.9 Å². The summed E-state index contributed by atoms with van der Waals surface area (Å²) < 4.78 is 0. The number of benzene rings is 2. The molecule has 0 aromatic heterocycles. The lowest BCUT2D eigenvalue weighted by molar-refractivity contribution is 0.132. The average Bonchev–Trinajstić information content (AvgIpc) is 2.67.